The van der Waals surface area contributed by atoms with Crippen LogP contribution in [-0.4, -0.2) is 32.6 Å². The maximum absolute atomic E-state index is 10.5. The van der Waals surface area contributed by atoms with Crippen molar-refractivity contribution < 1.29 is 9.53 Å². The summed E-state index contributed by atoms with van der Waals surface area (Å²) >= 11 is 1.50. The lowest BCUT2D eigenvalue weighted by molar-refractivity contribution is 0.0846. The van der Waals surface area contributed by atoms with E-state index in [-0.39, 0.29) is 6.10 Å². The van der Waals surface area contributed by atoms with Crippen molar-refractivity contribution in [3.8, 4) is 0 Å². The van der Waals surface area contributed by atoms with E-state index in [1.807, 2.05) is 33.0 Å². The van der Waals surface area contributed by atoms with Crippen LogP contribution < -0.4 is 4.90 Å². The highest BCUT2D eigenvalue weighted by atomic mass is 32.1. The third-order valence-electron chi connectivity index (χ3n) is 1.98. The number of ether oxygens (including phenoxy) is 1. The van der Waals surface area contributed by atoms with Crippen molar-refractivity contribution in [2.75, 3.05) is 25.1 Å². The van der Waals surface area contributed by atoms with E-state index in [2.05, 4.69) is 4.90 Å². The quantitative estimate of drug-likeness (QED) is 0.699. The molecule has 15 heavy (non-hydrogen) atoms. The number of thiophene rings is 1. The van der Waals surface area contributed by atoms with E-state index < -0.39 is 0 Å². The lowest BCUT2D eigenvalue weighted by Crippen LogP contribution is -2.22. The summed E-state index contributed by atoms with van der Waals surface area (Å²) in [6.07, 6.45) is 1.15. The van der Waals surface area contributed by atoms with Gasteiger partial charge in [-0.05, 0) is 26.0 Å². The van der Waals surface area contributed by atoms with Crippen molar-refractivity contribution in [1.29, 1.82) is 0 Å². The molecule has 1 heterocycles. The molecule has 0 atom stereocenters. The van der Waals surface area contributed by atoms with Crippen LogP contribution in [0.5, 0.6) is 0 Å². The average molecular weight is 227 g/mol. The topological polar surface area (TPSA) is 29.5 Å². The van der Waals surface area contributed by atoms with Gasteiger partial charge in [-0.25, -0.2) is 0 Å². The van der Waals surface area contributed by atoms with Crippen molar-refractivity contribution in [3.63, 3.8) is 0 Å². The minimum Gasteiger partial charge on any atom is -0.377 e. The molecule has 3 nitrogen and oxygen atoms in total. The largest absolute Gasteiger partial charge is 0.377 e. The van der Waals surface area contributed by atoms with Gasteiger partial charge in [0.25, 0.3) is 0 Å². The molecule has 1 rings (SSSR count). The van der Waals surface area contributed by atoms with Crippen LogP contribution in [0.3, 0.4) is 0 Å². The Bertz CT molecular complexity index is 309. The van der Waals surface area contributed by atoms with Crippen LogP contribution in [0.4, 0.5) is 5.00 Å². The third kappa shape index (κ3) is 4.01. The number of carbonyl (C=O) groups excluding carboxylic acids is 1. The van der Waals surface area contributed by atoms with Gasteiger partial charge in [-0.3, -0.25) is 4.79 Å². The second-order valence-corrected chi connectivity index (χ2v) is 4.73. The highest BCUT2D eigenvalue weighted by Gasteiger charge is 2.04. The average Bonchev–Trinajstić information content (AvgIpc) is 2.65. The molecule has 0 saturated heterocycles. The summed E-state index contributed by atoms with van der Waals surface area (Å²) in [7, 11) is 2.00. The van der Waals surface area contributed by atoms with Crippen LogP contribution in [0.25, 0.3) is 0 Å². The number of nitrogens with zero attached hydrogens (tertiary/aromatic N) is 1. The molecule has 0 radical (unpaired) electrons. The van der Waals surface area contributed by atoms with Gasteiger partial charge in [0.15, 0.2) is 6.29 Å². The van der Waals surface area contributed by atoms with Gasteiger partial charge in [0.05, 0.1) is 22.6 Å². The van der Waals surface area contributed by atoms with Gasteiger partial charge in [-0.1, -0.05) is 0 Å². The fourth-order valence-electron chi connectivity index (χ4n) is 1.15. The van der Waals surface area contributed by atoms with Crippen LogP contribution in [0.1, 0.15) is 23.5 Å². The molecule has 84 valence electrons. The van der Waals surface area contributed by atoms with Crippen LogP contribution in [0.2, 0.25) is 0 Å². The summed E-state index contributed by atoms with van der Waals surface area (Å²) in [4.78, 5) is 13.4. The minimum atomic E-state index is 0.271. The van der Waals surface area contributed by atoms with E-state index in [0.29, 0.717) is 6.61 Å². The lowest BCUT2D eigenvalue weighted by Gasteiger charge is -2.17. The standard InChI is InChI=1S/C11H17NO2S/c1-9(2)14-7-6-12(3)11-5-4-10(8-13)15-11/h4-5,8-9H,6-7H2,1-3H3. The summed E-state index contributed by atoms with van der Waals surface area (Å²) in [6.45, 7) is 5.60. The zero-order valence-corrected chi connectivity index (χ0v) is 10.2. The number of aldehydes is 1. The molecule has 0 aliphatic rings. The molecule has 0 spiro atoms. The van der Waals surface area contributed by atoms with E-state index >= 15 is 0 Å². The normalized spacial score (nSPS) is 10.7. The minimum absolute atomic E-state index is 0.271. The molecule has 0 fully saturated rings. The fraction of sp³-hybridized carbons (Fsp3) is 0.545. The van der Waals surface area contributed by atoms with Gasteiger partial charge in [0, 0.05) is 13.6 Å². The van der Waals surface area contributed by atoms with Gasteiger partial charge in [0.1, 0.15) is 0 Å². The first-order chi connectivity index (χ1) is 7.13. The molecular formula is C11H17NO2S. The molecule has 1 aromatic rings. The van der Waals surface area contributed by atoms with Crippen LogP contribution in [-0.2, 0) is 4.74 Å². The molecule has 0 amide bonds. The molecule has 1 aromatic heterocycles. The van der Waals surface area contributed by atoms with Gasteiger partial charge in [-0.15, -0.1) is 11.3 Å². The molecule has 0 aliphatic carbocycles. The molecule has 0 N–H and O–H groups in total. The Labute approximate surface area is 94.7 Å². The zero-order chi connectivity index (χ0) is 11.3. The smallest absolute Gasteiger partial charge is 0.160 e. The second-order valence-electron chi connectivity index (χ2n) is 3.63. The van der Waals surface area contributed by atoms with Crippen molar-refractivity contribution in [2.45, 2.75) is 20.0 Å². The summed E-state index contributed by atoms with van der Waals surface area (Å²) in [6, 6.07) is 3.80. The van der Waals surface area contributed by atoms with Crippen molar-refractivity contribution in [1.82, 2.24) is 0 Å². The Kier molecular flexibility index (Phi) is 4.78. The van der Waals surface area contributed by atoms with E-state index in [4.69, 9.17) is 4.74 Å². The van der Waals surface area contributed by atoms with Crippen molar-refractivity contribution >= 4 is 22.6 Å². The van der Waals surface area contributed by atoms with Gasteiger partial charge < -0.3 is 9.64 Å². The van der Waals surface area contributed by atoms with E-state index in [1.54, 1.807) is 0 Å². The van der Waals surface area contributed by atoms with Crippen LogP contribution >= 0.6 is 11.3 Å². The Morgan fingerprint density at radius 1 is 1.53 bits per heavy atom. The molecule has 0 aliphatic heterocycles. The van der Waals surface area contributed by atoms with E-state index in [9.17, 15) is 4.79 Å². The Morgan fingerprint density at radius 2 is 2.27 bits per heavy atom. The molecule has 0 unspecified atom stereocenters. The first-order valence-electron chi connectivity index (χ1n) is 5.01. The number of hydrogen-bond donors (Lipinski definition) is 0. The van der Waals surface area contributed by atoms with Crippen molar-refractivity contribution in [3.05, 3.63) is 17.0 Å². The number of anilines is 1. The molecule has 0 aromatic carbocycles. The molecule has 0 saturated carbocycles. The van der Waals surface area contributed by atoms with Crippen LogP contribution in [0.15, 0.2) is 12.1 Å². The Morgan fingerprint density at radius 3 is 2.80 bits per heavy atom. The maximum atomic E-state index is 10.5. The highest BCUT2D eigenvalue weighted by molar-refractivity contribution is 7.17. The summed E-state index contributed by atoms with van der Waals surface area (Å²) in [5.74, 6) is 0. The second kappa shape index (κ2) is 5.88. The molecule has 0 bridgehead atoms. The van der Waals surface area contributed by atoms with Gasteiger partial charge in [-0.2, -0.15) is 0 Å². The number of hydrogen-bond acceptors (Lipinski definition) is 4. The third-order valence-corrected chi connectivity index (χ3v) is 3.11. The monoisotopic (exact) mass is 227 g/mol. The predicted octanol–water partition coefficient (Wildman–Crippen LogP) is 2.42. The Hall–Kier alpha value is -0.870. The summed E-state index contributed by atoms with van der Waals surface area (Å²) in [5, 5.41) is 1.10. The summed E-state index contributed by atoms with van der Waals surface area (Å²) < 4.78 is 5.46. The van der Waals surface area contributed by atoms with E-state index in [0.717, 1.165) is 22.7 Å². The Balaban J connectivity index is 2.39. The molecular weight excluding hydrogens is 210 g/mol. The maximum Gasteiger partial charge on any atom is 0.160 e. The van der Waals surface area contributed by atoms with Crippen LogP contribution in [0, 0.1) is 0 Å². The number of rotatable bonds is 6. The predicted molar refractivity (Wildman–Crippen MR) is 64.1 cm³/mol. The van der Waals surface area contributed by atoms with Gasteiger partial charge >= 0.3 is 0 Å². The molecule has 4 heteroatoms. The first kappa shape index (κ1) is 12.2. The van der Waals surface area contributed by atoms with Gasteiger partial charge in [0.2, 0.25) is 0 Å². The number of carbonyl (C=O) groups is 1. The highest BCUT2D eigenvalue weighted by Crippen LogP contribution is 2.23. The van der Waals surface area contributed by atoms with Crippen molar-refractivity contribution in [2.24, 2.45) is 0 Å². The first-order valence-corrected chi connectivity index (χ1v) is 5.83. The fourth-order valence-corrected chi connectivity index (χ4v) is 1.96. The summed E-state index contributed by atoms with van der Waals surface area (Å²) in [5.41, 5.74) is 0. The van der Waals surface area contributed by atoms with E-state index in [1.165, 1.54) is 11.3 Å². The number of likely N-dealkylation sites (N-methyl/N-ethyl adjacent to an activating group) is 1. The zero-order valence-electron chi connectivity index (χ0n) is 9.40. The SMILES string of the molecule is CC(C)OCCN(C)c1ccc(C=O)s1. The lowest BCUT2D eigenvalue weighted by atomic mass is 10.4.